The molecule has 152 valence electrons. The number of ether oxygens (including phenoxy) is 2. The van der Waals surface area contributed by atoms with Gasteiger partial charge in [0.2, 0.25) is 0 Å². The van der Waals surface area contributed by atoms with Crippen LogP contribution in [-0.2, 0) is 22.4 Å². The number of anilines is 1. The number of aromatic nitrogens is 5. The summed E-state index contributed by atoms with van der Waals surface area (Å²) in [6.45, 7) is 8.17. The van der Waals surface area contributed by atoms with Gasteiger partial charge in [-0.1, -0.05) is 12.0 Å². The van der Waals surface area contributed by atoms with Crippen LogP contribution in [-0.4, -0.2) is 83.5 Å². The number of methoxy groups -OCH3 is 2. The number of fused-ring (bicyclic) bond motifs is 5. The fraction of sp³-hybridized carbons (Fsp3) is 0.667. The van der Waals surface area contributed by atoms with E-state index in [0.29, 0.717) is 19.0 Å². The number of hydrogen-bond donors (Lipinski definition) is 0. The number of tetrazole rings is 1. The molecule has 28 heavy (non-hydrogen) atoms. The maximum atomic E-state index is 5.33. The lowest BCUT2D eigenvalue weighted by molar-refractivity contribution is 0.190. The van der Waals surface area contributed by atoms with Crippen molar-refractivity contribution in [3.8, 4) is 0 Å². The minimum absolute atomic E-state index is 0.534. The van der Waals surface area contributed by atoms with E-state index in [4.69, 9.17) is 14.5 Å². The fourth-order valence-electron chi connectivity index (χ4n) is 3.82. The summed E-state index contributed by atoms with van der Waals surface area (Å²) in [5, 5.41) is 13.4. The fourth-order valence-corrected chi connectivity index (χ4v) is 5.15. The smallest absolute Gasteiger partial charge is 0.276 e. The van der Waals surface area contributed by atoms with Gasteiger partial charge in [0.1, 0.15) is 10.6 Å². The van der Waals surface area contributed by atoms with Gasteiger partial charge in [0.05, 0.1) is 18.6 Å². The van der Waals surface area contributed by atoms with Crippen molar-refractivity contribution in [2.75, 3.05) is 58.5 Å². The summed E-state index contributed by atoms with van der Waals surface area (Å²) in [6.07, 6.45) is 2.20. The van der Waals surface area contributed by atoms with Crippen LogP contribution in [0.5, 0.6) is 0 Å². The van der Waals surface area contributed by atoms with E-state index in [1.54, 1.807) is 30.1 Å². The van der Waals surface area contributed by atoms with E-state index in [-0.39, 0.29) is 0 Å². The molecule has 0 aromatic carbocycles. The van der Waals surface area contributed by atoms with Gasteiger partial charge in [-0.3, -0.25) is 4.90 Å². The van der Waals surface area contributed by atoms with Crippen molar-refractivity contribution in [3.63, 3.8) is 0 Å². The Hall–Kier alpha value is -1.88. The number of thiophene rings is 1. The normalized spacial score (nSPS) is 14.8. The Morgan fingerprint density at radius 1 is 1.18 bits per heavy atom. The highest BCUT2D eigenvalue weighted by atomic mass is 32.1. The monoisotopic (exact) mass is 405 g/mol. The lowest BCUT2D eigenvalue weighted by Crippen LogP contribution is -2.32. The Morgan fingerprint density at radius 2 is 1.96 bits per heavy atom. The van der Waals surface area contributed by atoms with E-state index < -0.39 is 0 Å². The van der Waals surface area contributed by atoms with Crippen LogP contribution in [0, 0.1) is 0 Å². The average molecular weight is 406 g/mol. The average Bonchev–Trinajstić information content (AvgIpc) is 3.31. The van der Waals surface area contributed by atoms with Crippen molar-refractivity contribution < 1.29 is 9.47 Å². The Kier molecular flexibility index (Phi) is 6.00. The van der Waals surface area contributed by atoms with E-state index in [9.17, 15) is 0 Å². The van der Waals surface area contributed by atoms with E-state index in [1.165, 1.54) is 22.2 Å². The van der Waals surface area contributed by atoms with Crippen LogP contribution in [0.15, 0.2) is 0 Å². The van der Waals surface area contributed by atoms with Crippen molar-refractivity contribution in [1.82, 2.24) is 29.9 Å². The Labute approximate surface area is 168 Å². The van der Waals surface area contributed by atoms with Crippen LogP contribution in [0.3, 0.4) is 0 Å². The van der Waals surface area contributed by atoms with Crippen molar-refractivity contribution in [2.24, 2.45) is 0 Å². The summed E-state index contributed by atoms with van der Waals surface area (Å²) in [5.41, 5.74) is 1.40. The maximum absolute atomic E-state index is 5.33. The zero-order valence-electron chi connectivity index (χ0n) is 16.7. The molecule has 0 unspecified atom stereocenters. The first-order chi connectivity index (χ1) is 13.8. The minimum Gasteiger partial charge on any atom is -0.383 e. The molecule has 3 aromatic rings. The maximum Gasteiger partial charge on any atom is 0.276 e. The van der Waals surface area contributed by atoms with E-state index >= 15 is 0 Å². The van der Waals surface area contributed by atoms with Gasteiger partial charge in [-0.25, -0.2) is 0 Å². The molecule has 0 spiro atoms. The van der Waals surface area contributed by atoms with Crippen LogP contribution in [0.1, 0.15) is 23.8 Å². The molecule has 0 saturated heterocycles. The van der Waals surface area contributed by atoms with Gasteiger partial charge in [-0.05, 0) is 35.4 Å². The zero-order valence-corrected chi connectivity index (χ0v) is 17.5. The van der Waals surface area contributed by atoms with Gasteiger partial charge >= 0.3 is 0 Å². The molecule has 0 fully saturated rings. The molecule has 3 aromatic heterocycles. The molecule has 0 N–H and O–H groups in total. The van der Waals surface area contributed by atoms with Crippen LogP contribution < -0.4 is 4.90 Å². The third-order valence-corrected chi connectivity index (χ3v) is 6.35. The molecule has 0 atom stereocenters. The van der Waals surface area contributed by atoms with Crippen molar-refractivity contribution in [3.05, 3.63) is 10.4 Å². The molecule has 1 aliphatic heterocycles. The predicted molar refractivity (Wildman–Crippen MR) is 109 cm³/mol. The second kappa shape index (κ2) is 8.64. The Morgan fingerprint density at radius 3 is 2.68 bits per heavy atom. The van der Waals surface area contributed by atoms with Crippen LogP contribution in [0.4, 0.5) is 5.82 Å². The van der Waals surface area contributed by atoms with Crippen molar-refractivity contribution >= 4 is 33.1 Å². The minimum atomic E-state index is 0.534. The van der Waals surface area contributed by atoms with Gasteiger partial charge in [0.15, 0.2) is 0 Å². The summed E-state index contributed by atoms with van der Waals surface area (Å²) in [4.78, 5) is 12.1. The third kappa shape index (κ3) is 3.57. The van der Waals surface area contributed by atoms with Crippen LogP contribution in [0.25, 0.3) is 16.0 Å². The molecule has 9 nitrogen and oxygen atoms in total. The highest BCUT2D eigenvalue weighted by molar-refractivity contribution is 7.19. The predicted octanol–water partition coefficient (Wildman–Crippen LogP) is 1.60. The molecular weight excluding hydrogens is 378 g/mol. The van der Waals surface area contributed by atoms with Gasteiger partial charge in [0, 0.05) is 45.3 Å². The molecule has 0 radical (unpaired) electrons. The van der Waals surface area contributed by atoms with Crippen LogP contribution in [0.2, 0.25) is 0 Å². The summed E-state index contributed by atoms with van der Waals surface area (Å²) < 4.78 is 12.4. The van der Waals surface area contributed by atoms with E-state index in [0.717, 1.165) is 49.8 Å². The number of nitrogens with zero attached hydrogens (tertiary/aromatic N) is 7. The van der Waals surface area contributed by atoms with Crippen LogP contribution >= 0.6 is 11.3 Å². The van der Waals surface area contributed by atoms with Gasteiger partial charge < -0.3 is 14.4 Å². The summed E-state index contributed by atoms with van der Waals surface area (Å²) in [5.74, 6) is 1.47. The lowest BCUT2D eigenvalue weighted by Gasteiger charge is -2.27. The molecule has 1 aliphatic rings. The van der Waals surface area contributed by atoms with Gasteiger partial charge in [0.25, 0.3) is 5.78 Å². The second-order valence-electron chi connectivity index (χ2n) is 7.01. The molecule has 0 aliphatic carbocycles. The van der Waals surface area contributed by atoms with Gasteiger partial charge in [-0.2, -0.15) is 9.50 Å². The molecule has 0 saturated carbocycles. The number of hydrogen-bond acceptors (Lipinski definition) is 9. The molecule has 10 heteroatoms. The quantitative estimate of drug-likeness (QED) is 0.531. The molecule has 0 bridgehead atoms. The standard InChI is InChI=1S/C18H27N7O2S/c1-4-6-23-7-5-13-14(12-23)28-17-15(13)16(19-18-20-21-22-25(17)18)24(8-10-26-2)9-11-27-3/h4-12H2,1-3H3. The first-order valence-corrected chi connectivity index (χ1v) is 10.6. The Bertz CT molecular complexity index is 933. The third-order valence-electron chi connectivity index (χ3n) is 5.16. The van der Waals surface area contributed by atoms with Crippen molar-refractivity contribution in [1.29, 1.82) is 0 Å². The first kappa shape index (κ1) is 19.4. The largest absolute Gasteiger partial charge is 0.383 e. The summed E-state index contributed by atoms with van der Waals surface area (Å²) in [6, 6.07) is 0. The van der Waals surface area contributed by atoms with E-state index in [1.807, 2.05) is 0 Å². The first-order valence-electron chi connectivity index (χ1n) is 9.74. The molecular formula is C18H27N7O2S. The second-order valence-corrected chi connectivity index (χ2v) is 8.09. The highest BCUT2D eigenvalue weighted by Crippen LogP contribution is 2.39. The number of rotatable bonds is 9. The SMILES string of the molecule is CCCN1CCc2c(sc3c2c(N(CCOC)CCOC)nc2nnnn23)C1. The lowest BCUT2D eigenvalue weighted by atomic mass is 10.0. The molecule has 4 rings (SSSR count). The zero-order chi connectivity index (χ0) is 19.5. The van der Waals surface area contributed by atoms with Gasteiger partial charge in [-0.15, -0.1) is 11.3 Å². The summed E-state index contributed by atoms with van der Waals surface area (Å²) in [7, 11) is 3.44. The van der Waals surface area contributed by atoms with Crippen molar-refractivity contribution in [2.45, 2.75) is 26.3 Å². The molecule has 0 amide bonds. The Balaban J connectivity index is 1.84. The highest BCUT2D eigenvalue weighted by Gasteiger charge is 2.27. The topological polar surface area (TPSA) is 80.9 Å². The molecule has 4 heterocycles. The summed E-state index contributed by atoms with van der Waals surface area (Å²) >= 11 is 1.79. The van der Waals surface area contributed by atoms with E-state index in [2.05, 4.69) is 32.2 Å².